The first-order valence-electron chi connectivity index (χ1n) is 19.3. The second kappa shape index (κ2) is 32.5. The van der Waals surface area contributed by atoms with Gasteiger partial charge in [-0.15, -0.1) is 11.3 Å². The number of aryl methyl sites for hydroxylation is 1. The lowest BCUT2D eigenvalue weighted by molar-refractivity contribution is -0.458. The number of benzene rings is 1. The van der Waals surface area contributed by atoms with Gasteiger partial charge < -0.3 is 39.8 Å². The smallest absolute Gasteiger partial charge is 0.377 e. The summed E-state index contributed by atoms with van der Waals surface area (Å²) in [6, 6.07) is 10.6. The van der Waals surface area contributed by atoms with Crippen LogP contribution < -0.4 is 0 Å². The van der Waals surface area contributed by atoms with Crippen LogP contribution in [0.5, 0.6) is 0 Å². The maximum atomic E-state index is 6.00. The highest BCUT2D eigenvalue weighted by molar-refractivity contribution is 9.30. The highest BCUT2D eigenvalue weighted by Gasteiger charge is 2.41. The zero-order valence-electron chi connectivity index (χ0n) is 36.4. The maximum absolute atomic E-state index is 6.00. The van der Waals surface area contributed by atoms with Gasteiger partial charge in [0.05, 0.1) is 15.2 Å². The third kappa shape index (κ3) is 21.7. The van der Waals surface area contributed by atoms with E-state index < -0.39 is 26.4 Å². The summed E-state index contributed by atoms with van der Waals surface area (Å²) in [5.74, 6) is 1.78. The molecule has 1 aromatic heterocycles. The summed E-state index contributed by atoms with van der Waals surface area (Å²) in [7, 11) is 12.7. The number of fused-ring (bicyclic) bond motifs is 1. The van der Waals surface area contributed by atoms with Crippen LogP contribution in [-0.2, 0) is 46.3 Å². The SMILES string of the molecule is CCO[Si](CCSC(SSSSC(SCC[Si](OCC)(OCC)OCC)=[N+](C)C)=[N+](C)C)(OCC)OCC.CO[Si](CCCc1nc2ccccc2s1)(OC)OC. The molecule has 0 fully saturated rings. The first kappa shape index (κ1) is 55.9. The van der Waals surface area contributed by atoms with Gasteiger partial charge in [0.15, 0.2) is 0 Å². The monoisotopic (exact) mass is 983 g/mol. The number of para-hydroxylation sites is 1. The van der Waals surface area contributed by atoms with Crippen LogP contribution in [0.15, 0.2) is 24.3 Å². The van der Waals surface area contributed by atoms with Crippen molar-refractivity contribution in [1.82, 2.24) is 4.98 Å². The Morgan fingerprint density at radius 3 is 1.35 bits per heavy atom. The van der Waals surface area contributed by atoms with E-state index in [0.29, 0.717) is 39.6 Å². The Labute approximate surface area is 375 Å². The second-order valence-corrected chi connectivity index (χ2v) is 30.0. The van der Waals surface area contributed by atoms with Gasteiger partial charge in [-0.05, 0) is 110 Å². The van der Waals surface area contributed by atoms with Crippen LogP contribution >= 0.6 is 76.1 Å². The minimum Gasteiger partial charge on any atom is -0.377 e. The molecule has 0 unspecified atom stereocenters. The van der Waals surface area contributed by atoms with Crippen LogP contribution in [-0.4, -0.2) is 150 Å². The molecular weight excluding hydrogens is 915 g/mol. The molecule has 12 nitrogen and oxygen atoms in total. The number of thiazole rings is 1. The molecule has 22 heteroatoms. The van der Waals surface area contributed by atoms with E-state index in [2.05, 4.69) is 48.4 Å². The lowest BCUT2D eigenvalue weighted by Crippen LogP contribution is -2.46. The number of thioether (sulfide) groups is 2. The highest BCUT2D eigenvalue weighted by atomic mass is 33.7. The molecule has 0 saturated heterocycles. The van der Waals surface area contributed by atoms with Crippen molar-refractivity contribution in [2.75, 3.05) is 101 Å². The van der Waals surface area contributed by atoms with Crippen molar-refractivity contribution in [3.8, 4) is 0 Å². The fourth-order valence-corrected chi connectivity index (χ4v) is 23.7. The Hall–Kier alpha value is 0.841. The molecule has 330 valence electrons. The predicted octanol–water partition coefficient (Wildman–Crippen LogP) is 9.59. The van der Waals surface area contributed by atoms with E-state index >= 15 is 0 Å². The summed E-state index contributed by atoms with van der Waals surface area (Å²) in [5, 5.41) is 1.16. The minimum atomic E-state index is -2.62. The van der Waals surface area contributed by atoms with E-state index in [4.69, 9.17) is 39.8 Å². The molecule has 0 bridgehead atoms. The Bertz CT molecular complexity index is 1290. The van der Waals surface area contributed by atoms with Crippen molar-refractivity contribution in [3.63, 3.8) is 0 Å². The Morgan fingerprint density at radius 1 is 0.596 bits per heavy atom. The molecular formula is C35H69N3O9S7Si3+2. The van der Waals surface area contributed by atoms with E-state index in [-0.39, 0.29) is 0 Å². The number of nitrogens with zero attached hydrogens (tertiary/aromatic N) is 3. The second-order valence-electron chi connectivity index (χ2n) is 12.0. The van der Waals surface area contributed by atoms with Gasteiger partial charge in [-0.3, -0.25) is 0 Å². The number of rotatable bonds is 28. The highest BCUT2D eigenvalue weighted by Crippen LogP contribution is 2.47. The summed E-state index contributed by atoms with van der Waals surface area (Å²) in [6.45, 7) is 15.6. The van der Waals surface area contributed by atoms with E-state index in [1.807, 2.05) is 83.3 Å². The number of aromatic nitrogens is 1. The molecule has 0 atom stereocenters. The van der Waals surface area contributed by atoms with Crippen LogP contribution in [0.1, 0.15) is 53.0 Å². The first-order valence-corrected chi connectivity index (χ1v) is 32.7. The maximum Gasteiger partial charge on any atom is 0.501 e. The Morgan fingerprint density at radius 2 is 1.00 bits per heavy atom. The van der Waals surface area contributed by atoms with E-state index in [1.165, 1.54) is 13.5 Å². The van der Waals surface area contributed by atoms with Crippen LogP contribution in [0.2, 0.25) is 18.1 Å². The van der Waals surface area contributed by atoms with Gasteiger partial charge in [-0.1, -0.05) is 12.1 Å². The molecule has 0 amide bonds. The number of hydrogen-bond donors (Lipinski definition) is 0. The van der Waals surface area contributed by atoms with E-state index in [9.17, 15) is 0 Å². The fourth-order valence-electron chi connectivity index (χ4n) is 5.11. The molecule has 1 aromatic carbocycles. The average molecular weight is 985 g/mol. The van der Waals surface area contributed by atoms with E-state index in [1.54, 1.807) is 73.9 Å². The van der Waals surface area contributed by atoms with Crippen molar-refractivity contribution < 1.29 is 49.0 Å². The summed E-state index contributed by atoms with van der Waals surface area (Å²) in [6.07, 6.45) is 1.89. The third-order valence-corrected chi connectivity index (χ3v) is 28.1. The molecule has 0 N–H and O–H groups in total. The molecule has 1 heterocycles. The van der Waals surface area contributed by atoms with Crippen LogP contribution in [0.25, 0.3) is 10.2 Å². The minimum absolute atomic E-state index is 0.606. The van der Waals surface area contributed by atoms with Gasteiger partial charge in [-0.2, -0.15) is 0 Å². The molecule has 0 radical (unpaired) electrons. The largest absolute Gasteiger partial charge is 0.501 e. The summed E-state index contributed by atoms with van der Waals surface area (Å²) in [4.78, 5) is 4.62. The van der Waals surface area contributed by atoms with Crippen molar-refractivity contribution in [3.05, 3.63) is 29.3 Å². The van der Waals surface area contributed by atoms with Gasteiger partial charge in [0.25, 0.3) is 8.75 Å². The molecule has 0 spiro atoms. The predicted molar refractivity (Wildman–Crippen MR) is 260 cm³/mol. The molecule has 0 aliphatic rings. The normalized spacial score (nSPS) is 12.2. The molecule has 0 aliphatic carbocycles. The Balaban J connectivity index is 0.000000705. The summed E-state index contributed by atoms with van der Waals surface area (Å²) in [5.41, 5.74) is 1.08. The van der Waals surface area contributed by atoms with Gasteiger partial charge in [-0.25, -0.2) is 14.1 Å². The zero-order valence-corrected chi connectivity index (χ0v) is 45.1. The first-order chi connectivity index (χ1) is 27.4. The van der Waals surface area contributed by atoms with Gasteiger partial charge in [0, 0.05) is 112 Å². The lowest BCUT2D eigenvalue weighted by Gasteiger charge is -2.28. The van der Waals surface area contributed by atoms with Crippen molar-refractivity contribution in [1.29, 1.82) is 0 Å². The van der Waals surface area contributed by atoms with Crippen molar-refractivity contribution in [2.45, 2.75) is 72.5 Å². The molecule has 2 rings (SSSR count). The summed E-state index contributed by atoms with van der Waals surface area (Å²) < 4.78 is 60.3. The average Bonchev–Trinajstić information content (AvgIpc) is 3.60. The lowest BCUT2D eigenvalue weighted by atomic mass is 10.3. The van der Waals surface area contributed by atoms with Crippen LogP contribution in [0.3, 0.4) is 0 Å². The molecule has 2 aromatic rings. The molecule has 0 saturated carbocycles. The topological polar surface area (TPSA) is 102 Å². The quantitative estimate of drug-likeness (QED) is 0.0202. The fraction of sp³-hybridized carbons (Fsp3) is 0.743. The van der Waals surface area contributed by atoms with E-state index in [0.717, 1.165) is 53.0 Å². The third-order valence-electron chi connectivity index (χ3n) is 7.57. The standard InChI is InChI=1S/C22H50N2O6S6Si2.C13H19NO3SSi/c1-11-25-37(26-12-2,27-13-3)19-17-31-21(23(7)8)33-35-36-34-22(24(9)10)32-18-20-38(28-14-4,29-15-5)30-16-6;1-15-19(16-2,17-3)10-6-9-13-14-11-7-4-5-8-12(11)18-13/h11-20H2,1-10H3;4-5,7-8H,6,9-10H2,1-3H3/q+2;. The van der Waals surface area contributed by atoms with Crippen LogP contribution in [0, 0.1) is 0 Å². The Kier molecular flexibility index (Phi) is 31.9. The van der Waals surface area contributed by atoms with Gasteiger partial charge >= 0.3 is 26.4 Å². The van der Waals surface area contributed by atoms with Crippen molar-refractivity contribution in [2.24, 2.45) is 0 Å². The van der Waals surface area contributed by atoms with Crippen LogP contribution in [0.4, 0.5) is 0 Å². The summed E-state index contributed by atoms with van der Waals surface area (Å²) >= 11 is 5.41. The van der Waals surface area contributed by atoms with Crippen molar-refractivity contribution >= 4 is 121 Å². The van der Waals surface area contributed by atoms with Gasteiger partial charge in [0.2, 0.25) is 0 Å². The van der Waals surface area contributed by atoms with Gasteiger partial charge in [0.1, 0.15) is 28.2 Å². The molecule has 0 aliphatic heterocycles. The zero-order chi connectivity index (χ0) is 42.6. The number of hydrogen-bond acceptors (Lipinski definition) is 17. The molecule has 57 heavy (non-hydrogen) atoms.